The number of hydrogen-bond acceptors (Lipinski definition) is 3. The van der Waals surface area contributed by atoms with Crippen LogP contribution >= 0.6 is 11.6 Å². The molecule has 0 radical (unpaired) electrons. The lowest BCUT2D eigenvalue weighted by Gasteiger charge is -2.32. The van der Waals surface area contributed by atoms with Crippen molar-refractivity contribution in [2.75, 3.05) is 17.6 Å². The molecule has 0 bridgehead atoms. The standard InChI is InChI=1S/C16H24ClN3O/c1-11-6-4-3-5-9-20(11)12(2)16(21)19-15-8-7-13(18)10-14(15)17/h7-8,10-12H,3-6,9,18H2,1-2H3,(H,19,21). The van der Waals surface area contributed by atoms with Gasteiger partial charge in [0.05, 0.1) is 16.8 Å². The average Bonchev–Trinajstić information content (AvgIpc) is 2.65. The van der Waals surface area contributed by atoms with Gasteiger partial charge < -0.3 is 11.1 Å². The van der Waals surface area contributed by atoms with E-state index < -0.39 is 0 Å². The van der Waals surface area contributed by atoms with Crippen LogP contribution in [0, 0.1) is 0 Å². The van der Waals surface area contributed by atoms with Gasteiger partial charge in [0.2, 0.25) is 5.91 Å². The number of nitrogens with two attached hydrogens (primary N) is 1. The maximum Gasteiger partial charge on any atom is 0.241 e. The molecule has 1 aliphatic rings. The highest BCUT2D eigenvalue weighted by atomic mass is 35.5. The fourth-order valence-corrected chi connectivity index (χ4v) is 3.13. The van der Waals surface area contributed by atoms with Crippen molar-refractivity contribution in [3.8, 4) is 0 Å². The minimum absolute atomic E-state index is 0.0181. The topological polar surface area (TPSA) is 58.4 Å². The van der Waals surface area contributed by atoms with E-state index in [9.17, 15) is 4.79 Å². The first-order chi connectivity index (χ1) is 9.99. The number of nitrogens with one attached hydrogen (secondary N) is 1. The molecule has 5 heteroatoms. The van der Waals surface area contributed by atoms with Crippen LogP contribution in [0.1, 0.15) is 39.5 Å². The van der Waals surface area contributed by atoms with Gasteiger partial charge in [-0.2, -0.15) is 0 Å². The Labute approximate surface area is 131 Å². The monoisotopic (exact) mass is 309 g/mol. The molecule has 1 aromatic carbocycles. The summed E-state index contributed by atoms with van der Waals surface area (Å²) in [6.07, 6.45) is 4.81. The number of rotatable bonds is 3. The average molecular weight is 310 g/mol. The second-order valence-corrected chi connectivity index (χ2v) is 6.25. The van der Waals surface area contributed by atoms with Crippen molar-refractivity contribution < 1.29 is 4.79 Å². The van der Waals surface area contributed by atoms with Gasteiger partial charge in [-0.3, -0.25) is 9.69 Å². The zero-order valence-corrected chi connectivity index (χ0v) is 13.5. The van der Waals surface area contributed by atoms with Crippen LogP contribution in [-0.2, 0) is 4.79 Å². The number of carbonyl (C=O) groups is 1. The number of anilines is 2. The number of nitrogens with zero attached hydrogens (tertiary/aromatic N) is 1. The van der Waals surface area contributed by atoms with Crippen LogP contribution in [0.25, 0.3) is 0 Å². The van der Waals surface area contributed by atoms with Crippen molar-refractivity contribution in [2.45, 2.75) is 51.6 Å². The van der Waals surface area contributed by atoms with Crippen LogP contribution in [0.4, 0.5) is 11.4 Å². The van der Waals surface area contributed by atoms with E-state index in [1.54, 1.807) is 18.2 Å². The number of hydrogen-bond donors (Lipinski definition) is 2. The Hall–Kier alpha value is -1.26. The molecule has 1 fully saturated rings. The Morgan fingerprint density at radius 3 is 2.90 bits per heavy atom. The molecular weight excluding hydrogens is 286 g/mol. The first-order valence-corrected chi connectivity index (χ1v) is 7.98. The molecule has 0 aliphatic carbocycles. The summed E-state index contributed by atoms with van der Waals surface area (Å²) in [4.78, 5) is 14.7. The first-order valence-electron chi connectivity index (χ1n) is 7.60. The van der Waals surface area contributed by atoms with Crippen LogP contribution in [0.15, 0.2) is 18.2 Å². The largest absolute Gasteiger partial charge is 0.399 e. The van der Waals surface area contributed by atoms with E-state index in [4.69, 9.17) is 17.3 Å². The summed E-state index contributed by atoms with van der Waals surface area (Å²) in [7, 11) is 0. The summed E-state index contributed by atoms with van der Waals surface area (Å²) < 4.78 is 0. The van der Waals surface area contributed by atoms with E-state index in [2.05, 4.69) is 17.1 Å². The Balaban J connectivity index is 2.04. The summed E-state index contributed by atoms with van der Waals surface area (Å²) >= 11 is 6.11. The van der Waals surface area contributed by atoms with Gasteiger partial charge in [-0.05, 0) is 51.4 Å². The van der Waals surface area contributed by atoms with Gasteiger partial charge in [-0.25, -0.2) is 0 Å². The van der Waals surface area contributed by atoms with Crippen LogP contribution in [0.3, 0.4) is 0 Å². The van der Waals surface area contributed by atoms with E-state index >= 15 is 0 Å². The molecule has 2 atom stereocenters. The molecule has 4 nitrogen and oxygen atoms in total. The lowest BCUT2D eigenvalue weighted by molar-refractivity contribution is -0.121. The minimum atomic E-state index is -0.160. The molecule has 0 saturated carbocycles. The van der Waals surface area contributed by atoms with E-state index in [1.165, 1.54) is 12.8 Å². The van der Waals surface area contributed by atoms with Gasteiger partial charge >= 0.3 is 0 Å². The van der Waals surface area contributed by atoms with E-state index in [0.717, 1.165) is 19.4 Å². The predicted octanol–water partition coefficient (Wildman–Crippen LogP) is 3.51. The number of nitrogen functional groups attached to an aromatic ring is 1. The third kappa shape index (κ3) is 4.11. The molecule has 116 valence electrons. The minimum Gasteiger partial charge on any atom is -0.399 e. The number of benzene rings is 1. The number of carbonyl (C=O) groups excluding carboxylic acids is 1. The van der Waals surface area contributed by atoms with Gasteiger partial charge in [0, 0.05) is 11.7 Å². The van der Waals surface area contributed by atoms with Gasteiger partial charge in [-0.15, -0.1) is 0 Å². The maximum absolute atomic E-state index is 12.5. The SMILES string of the molecule is CC1CCCCCN1C(C)C(=O)Nc1ccc(N)cc1Cl. The van der Waals surface area contributed by atoms with Crippen LogP contribution < -0.4 is 11.1 Å². The van der Waals surface area contributed by atoms with Crippen molar-refractivity contribution in [2.24, 2.45) is 0 Å². The molecule has 1 heterocycles. The van der Waals surface area contributed by atoms with Gasteiger partial charge in [0.25, 0.3) is 0 Å². The quantitative estimate of drug-likeness (QED) is 0.840. The summed E-state index contributed by atoms with van der Waals surface area (Å²) in [6, 6.07) is 5.41. The lowest BCUT2D eigenvalue weighted by Crippen LogP contribution is -2.46. The van der Waals surface area contributed by atoms with Crippen molar-refractivity contribution in [3.63, 3.8) is 0 Å². The van der Waals surface area contributed by atoms with Gasteiger partial charge in [0.1, 0.15) is 0 Å². The van der Waals surface area contributed by atoms with Crippen molar-refractivity contribution in [3.05, 3.63) is 23.2 Å². The molecular formula is C16H24ClN3O. The zero-order valence-electron chi connectivity index (χ0n) is 12.7. The molecule has 1 aliphatic heterocycles. The fourth-order valence-electron chi connectivity index (χ4n) is 2.89. The number of amides is 1. The summed E-state index contributed by atoms with van der Waals surface area (Å²) in [6.45, 7) is 5.14. The highest BCUT2D eigenvalue weighted by Crippen LogP contribution is 2.25. The highest BCUT2D eigenvalue weighted by molar-refractivity contribution is 6.34. The number of halogens is 1. The zero-order chi connectivity index (χ0) is 15.4. The summed E-state index contributed by atoms with van der Waals surface area (Å²) in [5.41, 5.74) is 6.87. The Kier molecular flexibility index (Phi) is 5.48. The number of likely N-dealkylation sites (tertiary alicyclic amines) is 1. The molecule has 0 spiro atoms. The molecule has 1 aromatic rings. The summed E-state index contributed by atoms with van der Waals surface area (Å²) in [5.74, 6) is -0.0181. The van der Waals surface area contributed by atoms with Crippen molar-refractivity contribution in [1.29, 1.82) is 0 Å². The lowest BCUT2D eigenvalue weighted by atomic mass is 10.1. The van der Waals surface area contributed by atoms with Gasteiger partial charge in [-0.1, -0.05) is 24.4 Å². The van der Waals surface area contributed by atoms with Crippen LogP contribution in [-0.4, -0.2) is 29.4 Å². The molecule has 1 amide bonds. The Morgan fingerprint density at radius 2 is 2.19 bits per heavy atom. The molecule has 0 aromatic heterocycles. The molecule has 2 unspecified atom stereocenters. The normalized spacial score (nSPS) is 21.6. The second-order valence-electron chi connectivity index (χ2n) is 5.84. The van der Waals surface area contributed by atoms with Crippen molar-refractivity contribution >= 4 is 28.9 Å². The molecule has 1 saturated heterocycles. The summed E-state index contributed by atoms with van der Waals surface area (Å²) in [5, 5.41) is 3.38. The van der Waals surface area contributed by atoms with E-state index in [-0.39, 0.29) is 11.9 Å². The van der Waals surface area contributed by atoms with Crippen molar-refractivity contribution in [1.82, 2.24) is 4.90 Å². The van der Waals surface area contributed by atoms with E-state index in [1.807, 2.05) is 6.92 Å². The first kappa shape index (κ1) is 16.1. The Morgan fingerprint density at radius 1 is 1.43 bits per heavy atom. The predicted molar refractivity (Wildman–Crippen MR) is 88.6 cm³/mol. The third-order valence-corrected chi connectivity index (χ3v) is 4.54. The van der Waals surface area contributed by atoms with Crippen LogP contribution in [0.5, 0.6) is 0 Å². The van der Waals surface area contributed by atoms with Crippen LogP contribution in [0.2, 0.25) is 5.02 Å². The molecule has 2 rings (SSSR count). The molecule has 21 heavy (non-hydrogen) atoms. The van der Waals surface area contributed by atoms with Gasteiger partial charge in [0.15, 0.2) is 0 Å². The smallest absolute Gasteiger partial charge is 0.241 e. The Bertz CT molecular complexity index is 506. The second kappa shape index (κ2) is 7.14. The third-order valence-electron chi connectivity index (χ3n) is 4.23. The highest BCUT2D eigenvalue weighted by Gasteiger charge is 2.26. The molecule has 3 N–H and O–H groups in total. The fraction of sp³-hybridized carbons (Fsp3) is 0.562. The maximum atomic E-state index is 12.5. The van der Waals surface area contributed by atoms with E-state index in [0.29, 0.717) is 22.4 Å².